The molecule has 1 aliphatic rings. The monoisotopic (exact) mass is 336 g/mol. The van der Waals surface area contributed by atoms with E-state index in [0.29, 0.717) is 4.88 Å². The zero-order valence-corrected chi connectivity index (χ0v) is 13.8. The summed E-state index contributed by atoms with van der Waals surface area (Å²) >= 11 is 1.42. The van der Waals surface area contributed by atoms with E-state index in [1.54, 1.807) is 6.07 Å². The Bertz CT molecular complexity index is 619. The molecule has 1 aromatic heterocycles. The van der Waals surface area contributed by atoms with E-state index in [1.165, 1.54) is 11.3 Å². The first-order valence-electron chi connectivity index (χ1n) is 7.65. The SMILES string of the molecule is Cc1ccc(C(=O)CCC(=O)CCC(=O)NNC(=O)C2CC2)s1. The molecule has 2 rings (SSSR count). The lowest BCUT2D eigenvalue weighted by Crippen LogP contribution is -2.42. The largest absolute Gasteiger partial charge is 0.300 e. The molecule has 23 heavy (non-hydrogen) atoms. The minimum absolute atomic E-state index is 0.0100. The summed E-state index contributed by atoms with van der Waals surface area (Å²) in [4.78, 5) is 48.2. The highest BCUT2D eigenvalue weighted by Crippen LogP contribution is 2.28. The standard InChI is InChI=1S/C16H20N2O4S/c1-10-2-8-14(23-10)13(20)7-5-12(19)6-9-15(21)17-18-16(22)11-3-4-11/h2,8,11H,3-7,9H2,1H3,(H,17,21)(H,18,22). The lowest BCUT2D eigenvalue weighted by atomic mass is 10.1. The number of thiophene rings is 1. The van der Waals surface area contributed by atoms with Crippen molar-refractivity contribution < 1.29 is 19.2 Å². The van der Waals surface area contributed by atoms with E-state index < -0.39 is 5.91 Å². The summed E-state index contributed by atoms with van der Waals surface area (Å²) in [5.74, 6) is -0.731. The van der Waals surface area contributed by atoms with Crippen LogP contribution in [0, 0.1) is 12.8 Å². The third-order valence-electron chi connectivity index (χ3n) is 3.55. The maximum Gasteiger partial charge on any atom is 0.241 e. The number of rotatable bonds is 8. The van der Waals surface area contributed by atoms with Crippen molar-refractivity contribution in [2.75, 3.05) is 0 Å². The van der Waals surface area contributed by atoms with Gasteiger partial charge in [0.2, 0.25) is 11.8 Å². The molecule has 0 radical (unpaired) electrons. The average Bonchev–Trinajstić information content (AvgIpc) is 3.29. The van der Waals surface area contributed by atoms with Crippen molar-refractivity contribution in [1.29, 1.82) is 0 Å². The van der Waals surface area contributed by atoms with E-state index >= 15 is 0 Å². The number of nitrogens with one attached hydrogen (secondary N) is 2. The molecule has 0 unspecified atom stereocenters. The van der Waals surface area contributed by atoms with Crippen molar-refractivity contribution in [3.63, 3.8) is 0 Å². The quantitative estimate of drug-likeness (QED) is 0.560. The zero-order chi connectivity index (χ0) is 16.8. The van der Waals surface area contributed by atoms with Gasteiger partial charge in [0.25, 0.3) is 0 Å². The maximum absolute atomic E-state index is 11.9. The molecule has 0 aliphatic heterocycles. The van der Waals surface area contributed by atoms with Gasteiger partial charge in [-0.2, -0.15) is 0 Å². The van der Waals surface area contributed by atoms with Crippen LogP contribution >= 0.6 is 11.3 Å². The summed E-state index contributed by atoms with van der Waals surface area (Å²) in [6.07, 6.45) is 2.10. The van der Waals surface area contributed by atoms with Crippen LogP contribution in [-0.4, -0.2) is 23.4 Å². The Morgan fingerprint density at radius 2 is 1.74 bits per heavy atom. The Hall–Kier alpha value is -2.02. The van der Waals surface area contributed by atoms with E-state index in [2.05, 4.69) is 10.9 Å². The summed E-state index contributed by atoms with van der Waals surface area (Å²) in [5, 5.41) is 0. The summed E-state index contributed by atoms with van der Waals surface area (Å²) in [7, 11) is 0. The zero-order valence-electron chi connectivity index (χ0n) is 13.0. The number of hydrogen-bond donors (Lipinski definition) is 2. The topological polar surface area (TPSA) is 92.3 Å². The first-order chi connectivity index (χ1) is 11.0. The highest BCUT2D eigenvalue weighted by molar-refractivity contribution is 7.14. The van der Waals surface area contributed by atoms with Gasteiger partial charge in [0.15, 0.2) is 5.78 Å². The highest BCUT2D eigenvalue weighted by Gasteiger charge is 2.29. The van der Waals surface area contributed by atoms with Crippen molar-refractivity contribution in [2.45, 2.75) is 45.4 Å². The Kier molecular flexibility index (Phi) is 6.04. The molecule has 1 heterocycles. The second-order valence-electron chi connectivity index (χ2n) is 5.68. The fraction of sp³-hybridized carbons (Fsp3) is 0.500. The molecule has 2 N–H and O–H groups in total. The van der Waals surface area contributed by atoms with Crippen molar-refractivity contribution in [1.82, 2.24) is 10.9 Å². The molecule has 124 valence electrons. The van der Waals surface area contributed by atoms with Gasteiger partial charge < -0.3 is 0 Å². The van der Waals surface area contributed by atoms with E-state index in [-0.39, 0.29) is 49.1 Å². The van der Waals surface area contributed by atoms with Gasteiger partial charge in [0.05, 0.1) is 4.88 Å². The van der Waals surface area contributed by atoms with Gasteiger partial charge in [-0.15, -0.1) is 11.3 Å². The normalized spacial score (nSPS) is 13.4. The van der Waals surface area contributed by atoms with Gasteiger partial charge in [-0.25, -0.2) is 0 Å². The van der Waals surface area contributed by atoms with Crippen LogP contribution in [0.2, 0.25) is 0 Å². The summed E-state index contributed by atoms with van der Waals surface area (Å²) < 4.78 is 0. The molecule has 0 aromatic carbocycles. The third-order valence-corrected chi connectivity index (χ3v) is 4.59. The Balaban J connectivity index is 1.59. The molecule has 1 saturated carbocycles. The maximum atomic E-state index is 11.9. The molecule has 7 heteroatoms. The first-order valence-corrected chi connectivity index (χ1v) is 8.47. The number of Topliss-reactive ketones (excluding diaryl/α,β-unsaturated/α-hetero) is 2. The van der Waals surface area contributed by atoms with E-state index in [9.17, 15) is 19.2 Å². The molecule has 0 spiro atoms. The van der Waals surface area contributed by atoms with Crippen LogP contribution < -0.4 is 10.9 Å². The molecule has 1 fully saturated rings. The molecular formula is C16H20N2O4S. The first kappa shape index (κ1) is 17.3. The van der Waals surface area contributed by atoms with Crippen LogP contribution in [0.4, 0.5) is 0 Å². The van der Waals surface area contributed by atoms with Crippen molar-refractivity contribution in [3.05, 3.63) is 21.9 Å². The molecular weight excluding hydrogens is 316 g/mol. The Morgan fingerprint density at radius 3 is 2.35 bits per heavy atom. The molecule has 0 bridgehead atoms. The summed E-state index contributed by atoms with van der Waals surface area (Å²) in [6, 6.07) is 3.64. The second-order valence-corrected chi connectivity index (χ2v) is 6.97. The fourth-order valence-electron chi connectivity index (χ4n) is 1.98. The number of hydrazine groups is 1. The van der Waals surface area contributed by atoms with E-state index in [4.69, 9.17) is 0 Å². The summed E-state index contributed by atoms with van der Waals surface area (Å²) in [5.41, 5.74) is 4.64. The molecule has 1 aromatic rings. The van der Waals surface area contributed by atoms with Gasteiger partial charge in [-0.3, -0.25) is 30.0 Å². The second kappa shape index (κ2) is 8.01. The van der Waals surface area contributed by atoms with Gasteiger partial charge in [0, 0.05) is 36.5 Å². The van der Waals surface area contributed by atoms with Gasteiger partial charge >= 0.3 is 0 Å². The molecule has 6 nitrogen and oxygen atoms in total. The number of hydrogen-bond acceptors (Lipinski definition) is 5. The lowest BCUT2D eigenvalue weighted by Gasteiger charge is -2.06. The third kappa shape index (κ3) is 5.94. The average molecular weight is 336 g/mol. The van der Waals surface area contributed by atoms with Gasteiger partial charge in [-0.05, 0) is 31.9 Å². The van der Waals surface area contributed by atoms with Crippen molar-refractivity contribution >= 4 is 34.7 Å². The number of ketones is 2. The predicted molar refractivity (Wildman–Crippen MR) is 85.9 cm³/mol. The van der Waals surface area contributed by atoms with E-state index in [1.807, 2.05) is 13.0 Å². The van der Waals surface area contributed by atoms with Crippen LogP contribution in [0.25, 0.3) is 0 Å². The minimum atomic E-state index is -0.396. The van der Waals surface area contributed by atoms with Gasteiger partial charge in [-0.1, -0.05) is 0 Å². The van der Waals surface area contributed by atoms with Crippen LogP contribution in [0.5, 0.6) is 0 Å². The van der Waals surface area contributed by atoms with Gasteiger partial charge in [0.1, 0.15) is 5.78 Å². The molecule has 1 aliphatic carbocycles. The Labute approximate surface area is 138 Å². The Morgan fingerprint density at radius 1 is 1.04 bits per heavy atom. The van der Waals surface area contributed by atoms with Crippen molar-refractivity contribution in [3.8, 4) is 0 Å². The van der Waals surface area contributed by atoms with Crippen LogP contribution in [0.3, 0.4) is 0 Å². The molecule has 2 amide bonds. The highest BCUT2D eigenvalue weighted by atomic mass is 32.1. The van der Waals surface area contributed by atoms with Crippen LogP contribution in [-0.2, 0) is 14.4 Å². The molecule has 0 saturated heterocycles. The number of amides is 2. The van der Waals surface area contributed by atoms with Crippen LogP contribution in [0.1, 0.15) is 53.1 Å². The number of carbonyl (C=O) groups excluding carboxylic acids is 4. The smallest absolute Gasteiger partial charge is 0.241 e. The van der Waals surface area contributed by atoms with Crippen LogP contribution in [0.15, 0.2) is 12.1 Å². The minimum Gasteiger partial charge on any atom is -0.300 e. The number of aryl methyl sites for hydroxylation is 1. The summed E-state index contributed by atoms with van der Waals surface area (Å²) in [6.45, 7) is 1.92. The lowest BCUT2D eigenvalue weighted by molar-refractivity contribution is -0.130. The molecule has 0 atom stereocenters. The van der Waals surface area contributed by atoms with E-state index in [0.717, 1.165) is 17.7 Å². The number of carbonyl (C=O) groups is 4. The predicted octanol–water partition coefficient (Wildman–Crippen LogP) is 1.93. The van der Waals surface area contributed by atoms with Crippen molar-refractivity contribution in [2.24, 2.45) is 5.92 Å². The fourth-order valence-corrected chi connectivity index (χ4v) is 2.81.